The van der Waals surface area contributed by atoms with E-state index < -0.39 is 0 Å². The molecule has 2 N–H and O–H groups in total. The molecule has 21 heavy (non-hydrogen) atoms. The molecule has 0 aliphatic heterocycles. The van der Waals surface area contributed by atoms with Crippen LogP contribution >= 0.6 is 11.3 Å². The first kappa shape index (κ1) is 17.8. The minimum absolute atomic E-state index is 0.0388. The number of aromatic nitrogens is 2. The molecule has 0 aromatic carbocycles. The van der Waals surface area contributed by atoms with Crippen LogP contribution in [-0.2, 0) is 5.41 Å². The maximum absolute atomic E-state index is 12.2. The van der Waals surface area contributed by atoms with E-state index in [1.54, 1.807) is 4.90 Å². The van der Waals surface area contributed by atoms with Gasteiger partial charge in [-0.25, -0.2) is 4.79 Å². The number of aliphatic hydroxyl groups is 1. The van der Waals surface area contributed by atoms with Crippen LogP contribution in [0, 0.1) is 0 Å². The second-order valence-corrected chi connectivity index (χ2v) is 6.99. The summed E-state index contributed by atoms with van der Waals surface area (Å²) in [5.41, 5.74) is -0.0768. The van der Waals surface area contributed by atoms with E-state index in [9.17, 15) is 4.79 Å². The molecule has 0 unspecified atom stereocenters. The molecule has 0 aliphatic rings. The summed E-state index contributed by atoms with van der Waals surface area (Å²) in [7, 11) is 0. The highest BCUT2D eigenvalue weighted by Gasteiger charge is 2.21. The fourth-order valence-electron chi connectivity index (χ4n) is 1.74. The van der Waals surface area contributed by atoms with Crippen LogP contribution in [0.25, 0.3) is 0 Å². The van der Waals surface area contributed by atoms with Gasteiger partial charge in [0.05, 0.1) is 6.61 Å². The Hall–Kier alpha value is -1.21. The molecule has 0 radical (unpaired) electrons. The third kappa shape index (κ3) is 5.97. The highest BCUT2D eigenvalue weighted by Crippen LogP contribution is 2.27. The number of hydrogen-bond acceptors (Lipinski definition) is 5. The van der Waals surface area contributed by atoms with Gasteiger partial charge in [-0.05, 0) is 6.42 Å². The Labute approximate surface area is 130 Å². The van der Waals surface area contributed by atoms with Gasteiger partial charge < -0.3 is 10.0 Å². The minimum Gasteiger partial charge on any atom is -0.395 e. The van der Waals surface area contributed by atoms with E-state index in [2.05, 4.69) is 43.2 Å². The molecule has 1 aromatic heterocycles. The number of unbranched alkanes of at least 4 members (excludes halogenated alkanes) is 2. The smallest absolute Gasteiger partial charge is 0.323 e. The van der Waals surface area contributed by atoms with Crippen LogP contribution in [0.1, 0.15) is 52.0 Å². The Kier molecular flexibility index (Phi) is 7.04. The number of hydrogen-bond donors (Lipinski definition) is 2. The number of anilines is 1. The number of amides is 2. The largest absolute Gasteiger partial charge is 0.395 e. The van der Waals surface area contributed by atoms with Gasteiger partial charge in [0.15, 0.2) is 0 Å². The zero-order valence-electron chi connectivity index (χ0n) is 13.3. The summed E-state index contributed by atoms with van der Waals surface area (Å²) in [6, 6.07) is -0.225. The fraction of sp³-hybridized carbons (Fsp3) is 0.786. The maximum atomic E-state index is 12.2. The van der Waals surface area contributed by atoms with Crippen molar-refractivity contribution in [2.24, 2.45) is 0 Å². The molecule has 0 fully saturated rings. The van der Waals surface area contributed by atoms with E-state index in [1.807, 2.05) is 0 Å². The van der Waals surface area contributed by atoms with Crippen molar-refractivity contribution in [2.75, 3.05) is 25.0 Å². The van der Waals surface area contributed by atoms with Gasteiger partial charge >= 0.3 is 6.03 Å². The van der Waals surface area contributed by atoms with Gasteiger partial charge in [-0.15, -0.1) is 10.2 Å². The SMILES string of the molecule is CCCCCN(CCO)C(=O)Nc1nnc(C(C)(C)C)s1. The lowest BCUT2D eigenvalue weighted by molar-refractivity contribution is 0.187. The predicted octanol–water partition coefficient (Wildman–Crippen LogP) is 2.85. The van der Waals surface area contributed by atoms with Crippen LogP contribution in [0.3, 0.4) is 0 Å². The van der Waals surface area contributed by atoms with Gasteiger partial charge in [-0.1, -0.05) is 51.9 Å². The Morgan fingerprint density at radius 3 is 2.52 bits per heavy atom. The zero-order chi connectivity index (χ0) is 15.9. The van der Waals surface area contributed by atoms with Crippen LogP contribution in [0.5, 0.6) is 0 Å². The van der Waals surface area contributed by atoms with Crippen molar-refractivity contribution in [1.82, 2.24) is 15.1 Å². The third-order valence-corrected chi connectivity index (χ3v) is 4.23. The Balaban J connectivity index is 2.61. The molecular formula is C14H26N4O2S. The lowest BCUT2D eigenvalue weighted by Crippen LogP contribution is -2.37. The average molecular weight is 314 g/mol. The van der Waals surface area contributed by atoms with Gasteiger partial charge in [0.1, 0.15) is 5.01 Å². The van der Waals surface area contributed by atoms with Crippen LogP contribution in [0.4, 0.5) is 9.93 Å². The van der Waals surface area contributed by atoms with Crippen LogP contribution < -0.4 is 5.32 Å². The van der Waals surface area contributed by atoms with Crippen molar-refractivity contribution in [3.63, 3.8) is 0 Å². The second kappa shape index (κ2) is 8.29. The monoisotopic (exact) mass is 314 g/mol. The van der Waals surface area contributed by atoms with Gasteiger partial charge in [0, 0.05) is 18.5 Å². The van der Waals surface area contributed by atoms with Crippen molar-refractivity contribution >= 4 is 22.5 Å². The van der Waals surface area contributed by atoms with Crippen molar-refractivity contribution in [2.45, 2.75) is 52.4 Å². The number of rotatable bonds is 7. The van der Waals surface area contributed by atoms with Gasteiger partial charge in [0.25, 0.3) is 0 Å². The molecule has 1 aromatic rings. The van der Waals surface area contributed by atoms with Crippen LogP contribution in [0.2, 0.25) is 0 Å². The van der Waals surface area contributed by atoms with E-state index in [4.69, 9.17) is 5.11 Å². The summed E-state index contributed by atoms with van der Waals surface area (Å²) >= 11 is 1.39. The first-order valence-electron chi connectivity index (χ1n) is 7.39. The Bertz CT molecular complexity index is 442. The molecular weight excluding hydrogens is 288 g/mol. The number of aliphatic hydroxyl groups excluding tert-OH is 1. The highest BCUT2D eigenvalue weighted by molar-refractivity contribution is 7.15. The van der Waals surface area contributed by atoms with E-state index in [-0.39, 0.29) is 18.1 Å². The molecule has 120 valence electrons. The van der Waals surface area contributed by atoms with E-state index in [0.29, 0.717) is 18.2 Å². The first-order chi connectivity index (χ1) is 9.88. The molecule has 1 heterocycles. The van der Waals surface area contributed by atoms with Crippen molar-refractivity contribution in [1.29, 1.82) is 0 Å². The van der Waals surface area contributed by atoms with Crippen molar-refractivity contribution in [3.8, 4) is 0 Å². The van der Waals surface area contributed by atoms with Gasteiger partial charge in [-0.2, -0.15) is 0 Å². The average Bonchev–Trinajstić information content (AvgIpc) is 2.86. The second-order valence-electron chi connectivity index (χ2n) is 6.01. The first-order valence-corrected chi connectivity index (χ1v) is 8.21. The van der Waals surface area contributed by atoms with Crippen LogP contribution in [0.15, 0.2) is 0 Å². The number of carbonyl (C=O) groups is 1. The maximum Gasteiger partial charge on any atom is 0.323 e. The Morgan fingerprint density at radius 2 is 2.00 bits per heavy atom. The Morgan fingerprint density at radius 1 is 1.29 bits per heavy atom. The van der Waals surface area contributed by atoms with Gasteiger partial charge in [0.2, 0.25) is 5.13 Å². The molecule has 6 nitrogen and oxygen atoms in total. The topological polar surface area (TPSA) is 78.4 Å². The van der Waals surface area contributed by atoms with Crippen LogP contribution in [-0.4, -0.2) is 45.9 Å². The summed E-state index contributed by atoms with van der Waals surface area (Å²) < 4.78 is 0. The molecule has 0 atom stereocenters. The van der Waals surface area contributed by atoms with Crippen molar-refractivity contribution in [3.05, 3.63) is 5.01 Å². The van der Waals surface area contributed by atoms with E-state index >= 15 is 0 Å². The van der Waals surface area contributed by atoms with Gasteiger partial charge in [-0.3, -0.25) is 5.32 Å². The molecule has 1 rings (SSSR count). The summed E-state index contributed by atoms with van der Waals surface area (Å²) in [6.07, 6.45) is 3.11. The summed E-state index contributed by atoms with van der Waals surface area (Å²) in [5, 5.41) is 21.3. The lowest BCUT2D eigenvalue weighted by Gasteiger charge is -2.21. The number of nitrogens with one attached hydrogen (secondary N) is 1. The lowest BCUT2D eigenvalue weighted by atomic mass is 9.98. The van der Waals surface area contributed by atoms with E-state index in [1.165, 1.54) is 11.3 Å². The molecule has 0 spiro atoms. The standard InChI is InChI=1S/C14H26N4O2S/c1-5-6-7-8-18(9-10-19)13(20)15-12-17-16-11(21-12)14(2,3)4/h19H,5-10H2,1-4H3,(H,15,17,20). The predicted molar refractivity (Wildman–Crippen MR) is 85.8 cm³/mol. The molecule has 0 saturated heterocycles. The number of nitrogens with zero attached hydrogens (tertiary/aromatic N) is 3. The highest BCUT2D eigenvalue weighted by atomic mass is 32.1. The molecule has 0 bridgehead atoms. The molecule has 0 aliphatic carbocycles. The number of urea groups is 1. The number of carbonyl (C=O) groups excluding carboxylic acids is 1. The summed E-state index contributed by atoms with van der Waals surface area (Å²) in [6.45, 7) is 9.23. The molecule has 0 saturated carbocycles. The third-order valence-electron chi connectivity index (χ3n) is 2.97. The van der Waals surface area contributed by atoms with Crippen molar-refractivity contribution < 1.29 is 9.90 Å². The fourth-order valence-corrected chi connectivity index (χ4v) is 2.53. The zero-order valence-corrected chi connectivity index (χ0v) is 14.2. The molecule has 2 amide bonds. The molecule has 7 heteroatoms. The minimum atomic E-state index is -0.225. The summed E-state index contributed by atoms with van der Waals surface area (Å²) in [4.78, 5) is 13.8. The quantitative estimate of drug-likeness (QED) is 0.759. The summed E-state index contributed by atoms with van der Waals surface area (Å²) in [5.74, 6) is 0. The van der Waals surface area contributed by atoms with E-state index in [0.717, 1.165) is 24.3 Å². The normalized spacial score (nSPS) is 11.5.